The van der Waals surface area contributed by atoms with Crippen molar-refractivity contribution in [2.45, 2.75) is 6.42 Å². The minimum atomic E-state index is -0.162. The fraction of sp³-hybridized carbons (Fsp3) is 0.214. The average molecular weight is 301 g/mol. The first kappa shape index (κ1) is 13.6. The molecular formula is C14H15N5OS. The van der Waals surface area contributed by atoms with Crippen LogP contribution < -0.4 is 11.1 Å². The highest BCUT2D eigenvalue weighted by atomic mass is 32.1. The minimum Gasteiger partial charge on any atom is -0.397 e. The molecule has 0 aliphatic rings. The fourth-order valence-corrected chi connectivity index (χ4v) is 3.10. The normalized spacial score (nSPS) is 10.9. The van der Waals surface area contributed by atoms with Gasteiger partial charge in [-0.1, -0.05) is 0 Å². The lowest BCUT2D eigenvalue weighted by Gasteiger charge is -2.04. The number of nitrogen functional groups attached to an aromatic ring is 1. The lowest BCUT2D eigenvalue weighted by molar-refractivity contribution is 0.0959. The number of amides is 1. The monoisotopic (exact) mass is 301 g/mol. The van der Waals surface area contributed by atoms with E-state index >= 15 is 0 Å². The molecule has 0 atom stereocenters. The predicted molar refractivity (Wildman–Crippen MR) is 83.3 cm³/mol. The molecule has 0 aliphatic heterocycles. The van der Waals surface area contributed by atoms with E-state index < -0.39 is 0 Å². The van der Waals surface area contributed by atoms with Gasteiger partial charge in [0.25, 0.3) is 5.91 Å². The van der Waals surface area contributed by atoms with Crippen LogP contribution in [0.4, 0.5) is 5.69 Å². The Bertz CT molecular complexity index is 792. The summed E-state index contributed by atoms with van der Waals surface area (Å²) in [6.07, 6.45) is 6.00. The zero-order chi connectivity index (χ0) is 14.8. The zero-order valence-electron chi connectivity index (χ0n) is 11.5. The van der Waals surface area contributed by atoms with Crippen molar-refractivity contribution in [2.75, 3.05) is 12.3 Å². The third-order valence-corrected chi connectivity index (χ3v) is 4.39. The third-order valence-electron chi connectivity index (χ3n) is 3.27. The lowest BCUT2D eigenvalue weighted by Crippen LogP contribution is -2.26. The molecule has 0 unspecified atom stereocenters. The quantitative estimate of drug-likeness (QED) is 0.766. The van der Waals surface area contributed by atoms with Crippen molar-refractivity contribution in [1.82, 2.24) is 19.9 Å². The summed E-state index contributed by atoms with van der Waals surface area (Å²) < 4.78 is 1.93. The van der Waals surface area contributed by atoms with Gasteiger partial charge in [-0.3, -0.25) is 4.79 Å². The van der Waals surface area contributed by atoms with Gasteiger partial charge < -0.3 is 15.6 Å². The Morgan fingerprint density at radius 2 is 2.29 bits per heavy atom. The summed E-state index contributed by atoms with van der Waals surface area (Å²) >= 11 is 1.31. The molecular weight excluding hydrogens is 286 g/mol. The zero-order valence-corrected chi connectivity index (χ0v) is 12.4. The van der Waals surface area contributed by atoms with E-state index in [1.807, 2.05) is 29.9 Å². The number of hydrogen-bond acceptors (Lipinski definition) is 5. The molecule has 0 spiro atoms. The number of carbonyl (C=O) groups is 1. The van der Waals surface area contributed by atoms with Crippen LogP contribution in [0.3, 0.4) is 0 Å². The van der Waals surface area contributed by atoms with Gasteiger partial charge in [0.2, 0.25) is 0 Å². The highest BCUT2D eigenvalue weighted by Crippen LogP contribution is 2.31. The second-order valence-corrected chi connectivity index (χ2v) is 5.66. The topological polar surface area (TPSA) is 85.8 Å². The Morgan fingerprint density at radius 3 is 3.00 bits per heavy atom. The SMILES string of the molecule is Cn1ccnc1CCNC(=O)c1sc2ncccc2c1N. The van der Waals surface area contributed by atoms with E-state index in [9.17, 15) is 4.79 Å². The summed E-state index contributed by atoms with van der Waals surface area (Å²) in [7, 11) is 1.93. The largest absolute Gasteiger partial charge is 0.397 e. The van der Waals surface area contributed by atoms with Crippen LogP contribution in [0, 0.1) is 0 Å². The summed E-state index contributed by atoms with van der Waals surface area (Å²) in [5.41, 5.74) is 6.52. The molecule has 3 aromatic heterocycles. The van der Waals surface area contributed by atoms with E-state index in [0.29, 0.717) is 23.5 Å². The van der Waals surface area contributed by atoms with E-state index in [0.717, 1.165) is 16.0 Å². The first-order valence-corrected chi connectivity index (χ1v) is 7.36. The van der Waals surface area contributed by atoms with Crippen molar-refractivity contribution in [3.63, 3.8) is 0 Å². The number of pyridine rings is 1. The number of thiophene rings is 1. The maximum Gasteiger partial charge on any atom is 0.263 e. The molecule has 0 bridgehead atoms. The number of nitrogens with two attached hydrogens (primary N) is 1. The number of fused-ring (bicyclic) bond motifs is 1. The van der Waals surface area contributed by atoms with Crippen molar-refractivity contribution < 1.29 is 4.79 Å². The number of nitrogens with zero attached hydrogens (tertiary/aromatic N) is 3. The molecule has 3 rings (SSSR count). The molecule has 0 aliphatic carbocycles. The van der Waals surface area contributed by atoms with Crippen molar-refractivity contribution >= 4 is 33.1 Å². The average Bonchev–Trinajstić information content (AvgIpc) is 3.04. The summed E-state index contributed by atoms with van der Waals surface area (Å²) in [6, 6.07) is 3.69. The molecule has 6 nitrogen and oxygen atoms in total. The molecule has 0 saturated carbocycles. The maximum absolute atomic E-state index is 12.2. The standard InChI is InChI=1S/C14H15N5OS/c1-19-8-7-16-10(19)4-6-17-13(20)12-11(15)9-3-2-5-18-14(9)21-12/h2-3,5,7-8H,4,6,15H2,1H3,(H,17,20). The van der Waals surface area contributed by atoms with Crippen LogP contribution in [0.2, 0.25) is 0 Å². The Hall–Kier alpha value is -2.41. The number of aryl methyl sites for hydroxylation is 1. The van der Waals surface area contributed by atoms with Gasteiger partial charge >= 0.3 is 0 Å². The highest BCUT2D eigenvalue weighted by molar-refractivity contribution is 7.21. The van der Waals surface area contributed by atoms with Crippen LogP contribution in [-0.2, 0) is 13.5 Å². The van der Waals surface area contributed by atoms with Gasteiger partial charge in [0.05, 0.1) is 5.69 Å². The van der Waals surface area contributed by atoms with Crippen LogP contribution in [0.1, 0.15) is 15.5 Å². The fourth-order valence-electron chi connectivity index (χ4n) is 2.13. The molecule has 21 heavy (non-hydrogen) atoms. The summed E-state index contributed by atoms with van der Waals surface area (Å²) in [5, 5.41) is 3.71. The van der Waals surface area contributed by atoms with Gasteiger partial charge in [-0.05, 0) is 12.1 Å². The first-order valence-electron chi connectivity index (χ1n) is 6.54. The van der Waals surface area contributed by atoms with Crippen LogP contribution in [-0.4, -0.2) is 27.0 Å². The molecule has 0 fully saturated rings. The predicted octanol–water partition coefficient (Wildman–Crippen LogP) is 1.58. The first-order chi connectivity index (χ1) is 10.2. The van der Waals surface area contributed by atoms with Crippen LogP contribution >= 0.6 is 11.3 Å². The second kappa shape index (κ2) is 5.53. The number of carbonyl (C=O) groups excluding carboxylic acids is 1. The molecule has 0 radical (unpaired) electrons. The van der Waals surface area contributed by atoms with Gasteiger partial charge in [-0.15, -0.1) is 11.3 Å². The molecule has 3 heterocycles. The smallest absolute Gasteiger partial charge is 0.263 e. The molecule has 1 amide bonds. The Kier molecular flexibility index (Phi) is 3.57. The van der Waals surface area contributed by atoms with E-state index in [2.05, 4.69) is 15.3 Å². The van der Waals surface area contributed by atoms with Crippen LogP contribution in [0.25, 0.3) is 10.2 Å². The van der Waals surface area contributed by atoms with Crippen LogP contribution in [0.15, 0.2) is 30.7 Å². The van der Waals surface area contributed by atoms with Crippen molar-refractivity contribution in [1.29, 1.82) is 0 Å². The molecule has 7 heteroatoms. The van der Waals surface area contributed by atoms with Gasteiger partial charge in [-0.2, -0.15) is 0 Å². The van der Waals surface area contributed by atoms with Gasteiger partial charge in [0.15, 0.2) is 0 Å². The second-order valence-electron chi connectivity index (χ2n) is 4.66. The summed E-state index contributed by atoms with van der Waals surface area (Å²) in [6.45, 7) is 0.519. The van der Waals surface area contributed by atoms with Crippen molar-refractivity contribution in [2.24, 2.45) is 7.05 Å². The van der Waals surface area contributed by atoms with Gasteiger partial charge in [-0.25, -0.2) is 9.97 Å². The maximum atomic E-state index is 12.2. The number of imidazole rings is 1. The van der Waals surface area contributed by atoms with E-state index in [1.54, 1.807) is 12.4 Å². The Balaban J connectivity index is 1.70. The van der Waals surface area contributed by atoms with Gasteiger partial charge in [0.1, 0.15) is 15.5 Å². The number of hydrogen-bond donors (Lipinski definition) is 2. The highest BCUT2D eigenvalue weighted by Gasteiger charge is 2.16. The summed E-state index contributed by atoms with van der Waals surface area (Å²) in [4.78, 5) is 22.0. The van der Waals surface area contributed by atoms with Crippen molar-refractivity contribution in [3.05, 3.63) is 41.4 Å². The number of rotatable bonds is 4. The Morgan fingerprint density at radius 1 is 1.43 bits per heavy atom. The van der Waals surface area contributed by atoms with Crippen molar-refractivity contribution in [3.8, 4) is 0 Å². The minimum absolute atomic E-state index is 0.162. The Labute approximate surface area is 125 Å². The number of nitrogens with one attached hydrogen (secondary N) is 1. The van der Waals surface area contributed by atoms with Gasteiger partial charge in [0, 0.05) is 44.0 Å². The number of anilines is 1. The molecule has 108 valence electrons. The lowest BCUT2D eigenvalue weighted by atomic mass is 10.2. The molecule has 0 saturated heterocycles. The van der Waals surface area contributed by atoms with E-state index in [-0.39, 0.29) is 5.91 Å². The van der Waals surface area contributed by atoms with E-state index in [1.165, 1.54) is 11.3 Å². The van der Waals surface area contributed by atoms with Crippen LogP contribution in [0.5, 0.6) is 0 Å². The third kappa shape index (κ3) is 2.59. The van der Waals surface area contributed by atoms with E-state index in [4.69, 9.17) is 5.73 Å². The molecule has 3 aromatic rings. The number of aromatic nitrogens is 3. The molecule has 3 N–H and O–H groups in total. The molecule has 0 aromatic carbocycles. The summed E-state index contributed by atoms with van der Waals surface area (Å²) in [5.74, 6) is 0.769.